The smallest absolute Gasteiger partial charge is 0.336 e. The molecule has 0 fully saturated rings. The van der Waals surface area contributed by atoms with Gasteiger partial charge in [0.15, 0.2) is 11.5 Å². The van der Waals surface area contributed by atoms with Crippen LogP contribution in [0.25, 0.3) is 22.1 Å². The summed E-state index contributed by atoms with van der Waals surface area (Å²) in [6.45, 7) is 0. The molecular weight excluding hydrogens is 246 g/mol. The first-order valence-electron chi connectivity index (χ1n) is 5.55. The van der Waals surface area contributed by atoms with Crippen LogP contribution in [0.2, 0.25) is 0 Å². The number of phenols is 2. The number of nitrogens with zero attached hydrogens (tertiary/aromatic N) is 1. The fourth-order valence-corrected chi connectivity index (χ4v) is 1.96. The summed E-state index contributed by atoms with van der Waals surface area (Å²) in [4.78, 5) is 15.5. The van der Waals surface area contributed by atoms with E-state index in [4.69, 9.17) is 4.42 Å². The van der Waals surface area contributed by atoms with Gasteiger partial charge in [0.25, 0.3) is 0 Å². The van der Waals surface area contributed by atoms with Crippen LogP contribution in [0.1, 0.15) is 0 Å². The summed E-state index contributed by atoms with van der Waals surface area (Å²) in [7, 11) is 0. The quantitative estimate of drug-likeness (QED) is 0.514. The van der Waals surface area contributed by atoms with E-state index in [2.05, 4.69) is 4.98 Å². The second-order valence-corrected chi connectivity index (χ2v) is 4.05. The number of fused-ring (bicyclic) bond motifs is 1. The van der Waals surface area contributed by atoms with E-state index in [9.17, 15) is 15.0 Å². The maximum absolute atomic E-state index is 11.5. The van der Waals surface area contributed by atoms with Crippen molar-refractivity contribution >= 4 is 11.0 Å². The molecule has 2 heterocycles. The Labute approximate surface area is 107 Å². The molecule has 0 spiro atoms. The lowest BCUT2D eigenvalue weighted by molar-refractivity contribution is 0.403. The highest BCUT2D eigenvalue weighted by atomic mass is 16.4. The van der Waals surface area contributed by atoms with E-state index in [1.807, 2.05) is 0 Å². The molecular formula is C14H9NO4. The predicted molar refractivity (Wildman–Crippen MR) is 69.0 cm³/mol. The molecule has 0 saturated heterocycles. The molecule has 0 radical (unpaired) electrons. The van der Waals surface area contributed by atoms with Gasteiger partial charge in [-0.2, -0.15) is 0 Å². The number of pyridine rings is 1. The van der Waals surface area contributed by atoms with Gasteiger partial charge in [-0.1, -0.05) is 0 Å². The predicted octanol–water partition coefficient (Wildman–Crippen LogP) is 2.27. The summed E-state index contributed by atoms with van der Waals surface area (Å²) in [5.41, 5.74) is 1.08. The monoisotopic (exact) mass is 255 g/mol. The van der Waals surface area contributed by atoms with Crippen molar-refractivity contribution in [1.82, 2.24) is 4.98 Å². The summed E-state index contributed by atoms with van der Waals surface area (Å²) in [6.07, 6.45) is 3.21. The lowest BCUT2D eigenvalue weighted by atomic mass is 10.0. The molecule has 2 aromatic heterocycles. The molecule has 0 amide bonds. The Morgan fingerprint density at radius 2 is 1.68 bits per heavy atom. The van der Waals surface area contributed by atoms with Crippen molar-refractivity contribution in [2.75, 3.05) is 0 Å². The van der Waals surface area contributed by atoms with Crippen LogP contribution in [0, 0.1) is 0 Å². The molecule has 5 nitrogen and oxygen atoms in total. The first-order chi connectivity index (χ1) is 9.15. The maximum atomic E-state index is 11.5. The van der Waals surface area contributed by atoms with Crippen LogP contribution in [-0.4, -0.2) is 15.2 Å². The molecule has 94 valence electrons. The number of benzene rings is 1. The fourth-order valence-electron chi connectivity index (χ4n) is 1.96. The van der Waals surface area contributed by atoms with Gasteiger partial charge in [0.1, 0.15) is 5.58 Å². The summed E-state index contributed by atoms with van der Waals surface area (Å²) >= 11 is 0. The zero-order valence-electron chi connectivity index (χ0n) is 9.70. The van der Waals surface area contributed by atoms with Gasteiger partial charge in [-0.15, -0.1) is 0 Å². The zero-order chi connectivity index (χ0) is 13.4. The highest BCUT2D eigenvalue weighted by Gasteiger charge is 2.11. The Hall–Kier alpha value is -2.82. The normalized spacial score (nSPS) is 10.7. The van der Waals surface area contributed by atoms with E-state index < -0.39 is 5.63 Å². The number of rotatable bonds is 1. The molecule has 0 aliphatic rings. The summed E-state index contributed by atoms with van der Waals surface area (Å²) in [6, 6.07) is 7.42. The lowest BCUT2D eigenvalue weighted by Gasteiger charge is -2.06. The molecule has 0 bridgehead atoms. The second kappa shape index (κ2) is 4.13. The van der Waals surface area contributed by atoms with Gasteiger partial charge >= 0.3 is 5.63 Å². The van der Waals surface area contributed by atoms with Crippen LogP contribution in [0.15, 0.2) is 51.9 Å². The van der Waals surface area contributed by atoms with E-state index in [1.165, 1.54) is 18.2 Å². The largest absolute Gasteiger partial charge is 0.504 e. The number of phenolic OH excluding ortho intramolecular Hbond substituents is 2. The number of hydrogen-bond acceptors (Lipinski definition) is 5. The van der Waals surface area contributed by atoms with Crippen molar-refractivity contribution < 1.29 is 14.6 Å². The van der Waals surface area contributed by atoms with Crippen molar-refractivity contribution in [3.63, 3.8) is 0 Å². The topological polar surface area (TPSA) is 83.6 Å². The zero-order valence-corrected chi connectivity index (χ0v) is 9.70. The van der Waals surface area contributed by atoms with E-state index in [0.29, 0.717) is 10.9 Å². The highest BCUT2D eigenvalue weighted by molar-refractivity contribution is 5.94. The van der Waals surface area contributed by atoms with Crippen LogP contribution in [0.5, 0.6) is 11.5 Å². The average molecular weight is 255 g/mol. The molecule has 0 atom stereocenters. The van der Waals surface area contributed by atoms with E-state index >= 15 is 0 Å². The van der Waals surface area contributed by atoms with Crippen molar-refractivity contribution in [2.45, 2.75) is 0 Å². The van der Waals surface area contributed by atoms with Gasteiger partial charge < -0.3 is 14.6 Å². The minimum Gasteiger partial charge on any atom is -0.504 e. The Balaban J connectivity index is 2.42. The van der Waals surface area contributed by atoms with Gasteiger partial charge in [-0.25, -0.2) is 4.79 Å². The summed E-state index contributed by atoms with van der Waals surface area (Å²) < 4.78 is 5.02. The van der Waals surface area contributed by atoms with Gasteiger partial charge in [0.05, 0.1) is 0 Å². The van der Waals surface area contributed by atoms with Gasteiger partial charge in [-0.05, 0) is 23.8 Å². The maximum Gasteiger partial charge on any atom is 0.336 e. The van der Waals surface area contributed by atoms with Crippen LogP contribution in [-0.2, 0) is 0 Å². The number of hydrogen-bond donors (Lipinski definition) is 2. The highest BCUT2D eigenvalue weighted by Crippen LogP contribution is 2.34. The minimum atomic E-state index is -0.524. The van der Waals surface area contributed by atoms with Crippen molar-refractivity contribution in [3.8, 4) is 22.6 Å². The number of aromatic hydroxyl groups is 2. The third kappa shape index (κ3) is 1.91. The molecule has 3 aromatic rings. The van der Waals surface area contributed by atoms with Gasteiger partial charge in [0.2, 0.25) is 0 Å². The third-order valence-electron chi connectivity index (χ3n) is 2.83. The fraction of sp³-hybridized carbons (Fsp3) is 0. The average Bonchev–Trinajstić information content (AvgIpc) is 2.41. The van der Waals surface area contributed by atoms with E-state index in [0.717, 1.165) is 5.56 Å². The van der Waals surface area contributed by atoms with Crippen molar-refractivity contribution in [1.29, 1.82) is 0 Å². The van der Waals surface area contributed by atoms with Crippen molar-refractivity contribution in [2.24, 2.45) is 0 Å². The lowest BCUT2D eigenvalue weighted by Crippen LogP contribution is -1.98. The molecule has 0 unspecified atom stereocenters. The summed E-state index contributed by atoms with van der Waals surface area (Å²) in [5, 5.41) is 19.6. The van der Waals surface area contributed by atoms with Gasteiger partial charge in [-0.3, -0.25) is 4.98 Å². The van der Waals surface area contributed by atoms with E-state index in [1.54, 1.807) is 24.5 Å². The third-order valence-corrected chi connectivity index (χ3v) is 2.83. The van der Waals surface area contributed by atoms with Crippen LogP contribution in [0.3, 0.4) is 0 Å². The van der Waals surface area contributed by atoms with Gasteiger partial charge in [0, 0.05) is 35.5 Å². The second-order valence-electron chi connectivity index (χ2n) is 4.05. The van der Waals surface area contributed by atoms with Crippen molar-refractivity contribution in [3.05, 3.63) is 53.1 Å². The molecule has 3 rings (SSSR count). The molecule has 0 aliphatic heterocycles. The first-order valence-corrected chi connectivity index (χ1v) is 5.55. The first kappa shape index (κ1) is 11.3. The van der Waals surface area contributed by atoms with E-state index in [-0.39, 0.29) is 17.1 Å². The molecule has 2 N–H and O–H groups in total. The Bertz CT molecular complexity index is 809. The Morgan fingerprint density at radius 3 is 2.42 bits per heavy atom. The summed E-state index contributed by atoms with van der Waals surface area (Å²) in [5.74, 6) is -0.598. The SMILES string of the molecule is O=c1cc(-c2ccncc2)c2cc(O)c(O)cc2o1. The molecule has 0 aliphatic carbocycles. The minimum absolute atomic E-state index is 0.217. The molecule has 1 aromatic carbocycles. The Morgan fingerprint density at radius 1 is 1.00 bits per heavy atom. The standard InChI is InChI=1S/C14H9NO4/c16-11-5-10-9(8-1-3-15-4-2-8)6-14(18)19-13(10)7-12(11)17/h1-7,16-17H. The molecule has 5 heteroatoms. The number of aromatic nitrogens is 1. The van der Waals surface area contributed by atoms with Crippen LogP contribution >= 0.6 is 0 Å². The Kier molecular flexibility index (Phi) is 2.45. The molecule has 19 heavy (non-hydrogen) atoms. The molecule has 0 saturated carbocycles. The van der Waals surface area contributed by atoms with Crippen LogP contribution in [0.4, 0.5) is 0 Å². The van der Waals surface area contributed by atoms with Crippen LogP contribution < -0.4 is 5.63 Å².